The smallest absolute Gasteiger partial charge is 0.279 e. The molecular formula is C13H19N3O2S. The summed E-state index contributed by atoms with van der Waals surface area (Å²) in [5.74, 6) is 0. The number of benzene rings is 1. The van der Waals surface area contributed by atoms with E-state index in [0.29, 0.717) is 0 Å². The van der Waals surface area contributed by atoms with E-state index in [9.17, 15) is 8.42 Å². The average Bonchev–Trinajstić information content (AvgIpc) is 2.60. The second-order valence-electron chi connectivity index (χ2n) is 4.76. The van der Waals surface area contributed by atoms with Crippen molar-refractivity contribution in [2.45, 2.75) is 13.5 Å². The highest BCUT2D eigenvalue weighted by Crippen LogP contribution is 2.24. The molecule has 104 valence electrons. The predicted octanol–water partition coefficient (Wildman–Crippen LogP) is 1.38. The first-order valence-electron chi connectivity index (χ1n) is 6.04. The summed E-state index contributed by atoms with van der Waals surface area (Å²) in [5, 5.41) is 1.16. The third-order valence-corrected chi connectivity index (χ3v) is 4.88. The van der Waals surface area contributed by atoms with Gasteiger partial charge in [-0.1, -0.05) is 18.2 Å². The molecular weight excluding hydrogens is 262 g/mol. The summed E-state index contributed by atoms with van der Waals surface area (Å²) < 4.78 is 29.3. The molecule has 0 saturated carbocycles. The van der Waals surface area contributed by atoms with Crippen LogP contribution in [-0.4, -0.2) is 31.4 Å². The number of hydrogen-bond donors (Lipinski definition) is 1. The highest BCUT2D eigenvalue weighted by atomic mass is 32.2. The molecule has 0 aliphatic heterocycles. The van der Waals surface area contributed by atoms with Crippen molar-refractivity contribution >= 4 is 21.1 Å². The normalized spacial score (nSPS) is 12.5. The summed E-state index contributed by atoms with van der Waals surface area (Å²) in [6.45, 7) is 2.30. The maximum absolute atomic E-state index is 11.7. The second-order valence-corrected chi connectivity index (χ2v) is 6.73. The zero-order valence-corrected chi connectivity index (χ0v) is 12.5. The van der Waals surface area contributed by atoms with Gasteiger partial charge in [0, 0.05) is 37.7 Å². The number of aromatic nitrogens is 1. The highest BCUT2D eigenvalue weighted by Gasteiger charge is 2.16. The van der Waals surface area contributed by atoms with Gasteiger partial charge in [0.15, 0.2) is 0 Å². The van der Waals surface area contributed by atoms with Gasteiger partial charge >= 0.3 is 0 Å². The number of fused-ring (bicyclic) bond motifs is 1. The summed E-state index contributed by atoms with van der Waals surface area (Å²) in [5.41, 5.74) is 3.20. The molecule has 1 N–H and O–H groups in total. The molecule has 5 nitrogen and oxygen atoms in total. The van der Waals surface area contributed by atoms with Crippen LogP contribution < -0.4 is 4.72 Å². The summed E-state index contributed by atoms with van der Waals surface area (Å²) in [6.07, 6.45) is 0. The van der Waals surface area contributed by atoms with E-state index in [2.05, 4.69) is 10.8 Å². The monoisotopic (exact) mass is 281 g/mol. The molecule has 2 aromatic rings. The van der Waals surface area contributed by atoms with Crippen molar-refractivity contribution in [3.8, 4) is 0 Å². The number of rotatable bonds is 4. The molecule has 1 aromatic heterocycles. The molecule has 2 rings (SSSR count). The summed E-state index contributed by atoms with van der Waals surface area (Å²) in [4.78, 5) is 0. The Morgan fingerprint density at radius 1 is 1.26 bits per heavy atom. The molecule has 6 heteroatoms. The standard InChI is InChI=1S/C13H19N3O2S/c1-10-11-7-5-6-8-12(11)16(4)13(10)9-14-19(17,18)15(2)3/h5-8,14H,9H2,1-4H3. The van der Waals surface area contributed by atoms with Gasteiger partial charge < -0.3 is 4.57 Å². The van der Waals surface area contributed by atoms with E-state index in [1.165, 1.54) is 18.4 Å². The Balaban J connectivity index is 2.37. The Labute approximate surface area is 114 Å². The lowest BCUT2D eigenvalue weighted by molar-refractivity contribution is 0.504. The van der Waals surface area contributed by atoms with Crippen molar-refractivity contribution in [2.75, 3.05) is 14.1 Å². The molecule has 0 unspecified atom stereocenters. The maximum atomic E-state index is 11.7. The van der Waals surface area contributed by atoms with Crippen molar-refractivity contribution < 1.29 is 8.42 Å². The van der Waals surface area contributed by atoms with Gasteiger partial charge in [0.05, 0.1) is 6.54 Å². The van der Waals surface area contributed by atoms with E-state index in [1.54, 1.807) is 0 Å². The fraction of sp³-hybridized carbons (Fsp3) is 0.385. The van der Waals surface area contributed by atoms with E-state index >= 15 is 0 Å². The molecule has 0 aliphatic carbocycles. The van der Waals surface area contributed by atoms with Crippen molar-refractivity contribution in [1.82, 2.24) is 13.6 Å². The highest BCUT2D eigenvalue weighted by molar-refractivity contribution is 7.87. The third kappa shape index (κ3) is 2.51. The maximum Gasteiger partial charge on any atom is 0.279 e. The molecule has 0 aliphatic rings. The van der Waals surface area contributed by atoms with Crippen LogP contribution in [0, 0.1) is 6.92 Å². The van der Waals surface area contributed by atoms with Crippen LogP contribution >= 0.6 is 0 Å². The summed E-state index contributed by atoms with van der Waals surface area (Å²) in [6, 6.07) is 8.06. The number of nitrogens with one attached hydrogen (secondary N) is 1. The Morgan fingerprint density at radius 2 is 1.89 bits per heavy atom. The van der Waals surface area contributed by atoms with Crippen LogP contribution in [-0.2, 0) is 23.8 Å². The van der Waals surface area contributed by atoms with Crippen LogP contribution in [0.4, 0.5) is 0 Å². The lowest BCUT2D eigenvalue weighted by atomic mass is 10.1. The average molecular weight is 281 g/mol. The first-order chi connectivity index (χ1) is 8.84. The third-order valence-electron chi connectivity index (χ3n) is 3.41. The van der Waals surface area contributed by atoms with Crippen molar-refractivity contribution in [3.63, 3.8) is 0 Å². The van der Waals surface area contributed by atoms with E-state index in [-0.39, 0.29) is 6.54 Å². The number of hydrogen-bond acceptors (Lipinski definition) is 2. The van der Waals surface area contributed by atoms with Gasteiger partial charge in [-0.15, -0.1) is 0 Å². The summed E-state index contributed by atoms with van der Waals surface area (Å²) >= 11 is 0. The molecule has 1 aromatic carbocycles. The van der Waals surface area contributed by atoms with Gasteiger partial charge in [-0.05, 0) is 18.6 Å². The van der Waals surface area contributed by atoms with Crippen LogP contribution in [0.3, 0.4) is 0 Å². The minimum Gasteiger partial charge on any atom is -0.346 e. The van der Waals surface area contributed by atoms with Crippen molar-refractivity contribution in [3.05, 3.63) is 35.5 Å². The lowest BCUT2D eigenvalue weighted by Crippen LogP contribution is -2.35. The first-order valence-corrected chi connectivity index (χ1v) is 7.48. The molecule has 0 radical (unpaired) electrons. The van der Waals surface area contributed by atoms with Gasteiger partial charge in [-0.25, -0.2) is 0 Å². The van der Waals surface area contributed by atoms with Gasteiger partial charge in [-0.2, -0.15) is 17.4 Å². The molecule has 0 amide bonds. The van der Waals surface area contributed by atoms with E-state index in [1.807, 2.05) is 36.7 Å². The van der Waals surface area contributed by atoms with E-state index in [4.69, 9.17) is 0 Å². The Morgan fingerprint density at radius 3 is 2.47 bits per heavy atom. The molecule has 0 saturated heterocycles. The zero-order chi connectivity index (χ0) is 14.2. The number of para-hydroxylation sites is 1. The van der Waals surface area contributed by atoms with Crippen LogP contribution in [0.2, 0.25) is 0 Å². The topological polar surface area (TPSA) is 54.3 Å². The fourth-order valence-corrected chi connectivity index (χ4v) is 2.75. The molecule has 0 bridgehead atoms. The van der Waals surface area contributed by atoms with E-state index < -0.39 is 10.2 Å². The minimum atomic E-state index is -3.40. The van der Waals surface area contributed by atoms with Gasteiger partial charge in [0.25, 0.3) is 10.2 Å². The SMILES string of the molecule is Cc1c(CNS(=O)(=O)N(C)C)n(C)c2ccccc12. The van der Waals surface area contributed by atoms with Crippen molar-refractivity contribution in [2.24, 2.45) is 7.05 Å². The molecule has 0 atom stereocenters. The van der Waals surface area contributed by atoms with Gasteiger partial charge in [0.2, 0.25) is 0 Å². The first kappa shape index (κ1) is 14.0. The molecule has 0 fully saturated rings. The molecule has 1 heterocycles. The minimum absolute atomic E-state index is 0.289. The lowest BCUT2D eigenvalue weighted by Gasteiger charge is -2.13. The largest absolute Gasteiger partial charge is 0.346 e. The van der Waals surface area contributed by atoms with Crippen LogP contribution in [0.5, 0.6) is 0 Å². The van der Waals surface area contributed by atoms with Crippen LogP contribution in [0.1, 0.15) is 11.3 Å². The predicted molar refractivity (Wildman–Crippen MR) is 77.1 cm³/mol. The number of aryl methyl sites for hydroxylation is 2. The van der Waals surface area contributed by atoms with Gasteiger partial charge in [-0.3, -0.25) is 0 Å². The number of nitrogens with zero attached hydrogens (tertiary/aromatic N) is 2. The molecule has 19 heavy (non-hydrogen) atoms. The summed E-state index contributed by atoms with van der Waals surface area (Å²) in [7, 11) is 1.58. The van der Waals surface area contributed by atoms with Crippen molar-refractivity contribution in [1.29, 1.82) is 0 Å². The Hall–Kier alpha value is -1.37. The quantitative estimate of drug-likeness (QED) is 0.920. The Kier molecular flexibility index (Phi) is 3.66. The van der Waals surface area contributed by atoms with Crippen LogP contribution in [0.25, 0.3) is 10.9 Å². The zero-order valence-electron chi connectivity index (χ0n) is 11.6. The fourth-order valence-electron chi connectivity index (χ4n) is 2.18. The molecule has 0 spiro atoms. The second kappa shape index (κ2) is 4.96. The van der Waals surface area contributed by atoms with Gasteiger partial charge in [0.1, 0.15) is 0 Å². The van der Waals surface area contributed by atoms with Crippen LogP contribution in [0.15, 0.2) is 24.3 Å². The Bertz CT molecular complexity index is 663. The van der Waals surface area contributed by atoms with E-state index in [0.717, 1.165) is 22.2 Å².